The maximum absolute atomic E-state index is 4.87. The van der Waals surface area contributed by atoms with Gasteiger partial charge < -0.3 is 5.32 Å². The Morgan fingerprint density at radius 3 is 2.76 bits per heavy atom. The molecule has 2 aromatic rings. The SMILES string of the molecule is CNc1nc(Cc2cccnc2)nc(C2CCCC2)c1I. The van der Waals surface area contributed by atoms with Crippen molar-refractivity contribution in [3.05, 3.63) is 45.2 Å². The van der Waals surface area contributed by atoms with Crippen LogP contribution in [0.25, 0.3) is 0 Å². The maximum Gasteiger partial charge on any atom is 0.143 e. The Labute approximate surface area is 139 Å². The van der Waals surface area contributed by atoms with E-state index in [1.165, 1.54) is 34.9 Å². The summed E-state index contributed by atoms with van der Waals surface area (Å²) in [6.07, 6.45) is 9.55. The van der Waals surface area contributed by atoms with Crippen molar-refractivity contribution in [1.82, 2.24) is 15.0 Å². The Kier molecular flexibility index (Phi) is 4.67. The van der Waals surface area contributed by atoms with Crippen LogP contribution in [0.5, 0.6) is 0 Å². The molecule has 0 aliphatic heterocycles. The summed E-state index contributed by atoms with van der Waals surface area (Å²) >= 11 is 2.38. The molecule has 1 N–H and O–H groups in total. The maximum atomic E-state index is 4.87. The Morgan fingerprint density at radius 2 is 2.10 bits per heavy atom. The van der Waals surface area contributed by atoms with Gasteiger partial charge >= 0.3 is 0 Å². The van der Waals surface area contributed by atoms with Crippen molar-refractivity contribution in [1.29, 1.82) is 0 Å². The van der Waals surface area contributed by atoms with E-state index in [9.17, 15) is 0 Å². The van der Waals surface area contributed by atoms with Crippen molar-refractivity contribution in [2.24, 2.45) is 0 Å². The number of pyridine rings is 1. The van der Waals surface area contributed by atoms with E-state index in [0.717, 1.165) is 23.6 Å². The first-order valence-electron chi connectivity index (χ1n) is 7.41. The average Bonchev–Trinajstić information content (AvgIpc) is 3.04. The first kappa shape index (κ1) is 14.7. The molecule has 1 saturated carbocycles. The van der Waals surface area contributed by atoms with Gasteiger partial charge in [0.25, 0.3) is 0 Å². The second-order valence-corrected chi connectivity index (χ2v) is 6.54. The summed E-state index contributed by atoms with van der Waals surface area (Å²) in [5, 5.41) is 3.21. The van der Waals surface area contributed by atoms with Gasteiger partial charge in [-0.25, -0.2) is 9.97 Å². The molecule has 3 rings (SSSR count). The standard InChI is InChI=1S/C16H19IN4/c1-18-16-14(17)15(12-6-2-3-7-12)20-13(21-16)9-11-5-4-8-19-10-11/h4-5,8,10,12H,2-3,6-7,9H2,1H3,(H,18,20,21). The minimum absolute atomic E-state index is 0.597. The summed E-state index contributed by atoms with van der Waals surface area (Å²) < 4.78 is 1.18. The smallest absolute Gasteiger partial charge is 0.143 e. The largest absolute Gasteiger partial charge is 0.372 e. The Hall–Kier alpha value is -1.24. The van der Waals surface area contributed by atoms with Gasteiger partial charge in [-0.3, -0.25) is 4.98 Å². The Bertz CT molecular complexity index is 609. The van der Waals surface area contributed by atoms with Gasteiger partial charge in [-0.2, -0.15) is 0 Å². The van der Waals surface area contributed by atoms with Gasteiger partial charge in [-0.05, 0) is 47.1 Å². The summed E-state index contributed by atoms with van der Waals surface area (Å²) in [4.78, 5) is 13.7. The molecule has 0 aromatic carbocycles. The molecule has 0 unspecified atom stereocenters. The highest BCUT2D eigenvalue weighted by Crippen LogP contribution is 2.36. The molecule has 0 saturated heterocycles. The van der Waals surface area contributed by atoms with Gasteiger partial charge in [0.2, 0.25) is 0 Å². The summed E-state index contributed by atoms with van der Waals surface area (Å²) in [7, 11) is 1.93. The van der Waals surface area contributed by atoms with Crippen LogP contribution in [-0.2, 0) is 6.42 Å². The van der Waals surface area contributed by atoms with E-state index in [0.29, 0.717) is 5.92 Å². The fourth-order valence-electron chi connectivity index (χ4n) is 2.91. The lowest BCUT2D eigenvalue weighted by molar-refractivity contribution is 0.681. The molecule has 21 heavy (non-hydrogen) atoms. The fraction of sp³-hybridized carbons (Fsp3) is 0.438. The number of nitrogens with zero attached hydrogens (tertiary/aromatic N) is 3. The van der Waals surface area contributed by atoms with E-state index in [1.54, 1.807) is 6.20 Å². The number of nitrogens with one attached hydrogen (secondary N) is 1. The third-order valence-corrected chi connectivity index (χ3v) is 5.05. The lowest BCUT2D eigenvalue weighted by atomic mass is 10.0. The van der Waals surface area contributed by atoms with E-state index < -0.39 is 0 Å². The van der Waals surface area contributed by atoms with Gasteiger partial charge in [-0.15, -0.1) is 0 Å². The molecule has 2 heterocycles. The predicted octanol–water partition coefficient (Wildman–Crippen LogP) is 3.77. The molecule has 2 aromatic heterocycles. The lowest BCUT2D eigenvalue weighted by Crippen LogP contribution is -2.10. The highest BCUT2D eigenvalue weighted by atomic mass is 127. The quantitative estimate of drug-likeness (QED) is 0.803. The van der Waals surface area contributed by atoms with Crippen molar-refractivity contribution < 1.29 is 0 Å². The predicted molar refractivity (Wildman–Crippen MR) is 92.5 cm³/mol. The van der Waals surface area contributed by atoms with E-state index in [1.807, 2.05) is 19.3 Å². The van der Waals surface area contributed by atoms with Gasteiger partial charge in [0.1, 0.15) is 11.6 Å². The third kappa shape index (κ3) is 3.33. The van der Waals surface area contributed by atoms with Crippen LogP contribution >= 0.6 is 22.6 Å². The van der Waals surface area contributed by atoms with Crippen LogP contribution in [0.4, 0.5) is 5.82 Å². The Balaban J connectivity index is 1.95. The second-order valence-electron chi connectivity index (χ2n) is 5.46. The van der Waals surface area contributed by atoms with Gasteiger partial charge in [0.05, 0.1) is 9.26 Å². The number of anilines is 1. The normalized spacial score (nSPS) is 15.3. The molecule has 0 radical (unpaired) electrons. The van der Waals surface area contributed by atoms with Crippen molar-refractivity contribution in [2.75, 3.05) is 12.4 Å². The first-order chi connectivity index (χ1) is 10.3. The average molecular weight is 394 g/mol. The molecule has 1 aliphatic rings. The van der Waals surface area contributed by atoms with E-state index >= 15 is 0 Å². The molecule has 0 atom stereocenters. The van der Waals surface area contributed by atoms with Crippen LogP contribution in [0.3, 0.4) is 0 Å². The molecular formula is C16H19IN4. The fourth-order valence-corrected chi connectivity index (χ4v) is 3.86. The molecule has 110 valence electrons. The summed E-state index contributed by atoms with van der Waals surface area (Å²) in [5.41, 5.74) is 2.38. The van der Waals surface area contributed by atoms with Crippen molar-refractivity contribution >= 4 is 28.4 Å². The molecule has 0 amide bonds. The van der Waals surface area contributed by atoms with Gasteiger partial charge in [-0.1, -0.05) is 18.9 Å². The van der Waals surface area contributed by atoms with Crippen molar-refractivity contribution in [3.63, 3.8) is 0 Å². The van der Waals surface area contributed by atoms with E-state index in [-0.39, 0.29) is 0 Å². The second kappa shape index (κ2) is 6.68. The molecule has 1 aliphatic carbocycles. The van der Waals surface area contributed by atoms with Gasteiger partial charge in [0, 0.05) is 31.8 Å². The molecule has 0 bridgehead atoms. The minimum Gasteiger partial charge on any atom is -0.372 e. The topological polar surface area (TPSA) is 50.7 Å². The molecule has 4 nitrogen and oxygen atoms in total. The molecular weight excluding hydrogens is 375 g/mol. The van der Waals surface area contributed by atoms with E-state index in [2.05, 4.69) is 43.9 Å². The number of hydrogen-bond donors (Lipinski definition) is 1. The molecule has 0 spiro atoms. The van der Waals surface area contributed by atoms with Crippen LogP contribution in [0.2, 0.25) is 0 Å². The van der Waals surface area contributed by atoms with Crippen LogP contribution in [-0.4, -0.2) is 22.0 Å². The van der Waals surface area contributed by atoms with Crippen molar-refractivity contribution in [3.8, 4) is 0 Å². The third-order valence-electron chi connectivity index (χ3n) is 3.99. The first-order valence-corrected chi connectivity index (χ1v) is 8.48. The summed E-state index contributed by atoms with van der Waals surface area (Å²) in [6.45, 7) is 0. The van der Waals surface area contributed by atoms with Crippen LogP contribution < -0.4 is 5.32 Å². The lowest BCUT2D eigenvalue weighted by Gasteiger charge is -2.15. The number of halogens is 1. The molecule has 1 fully saturated rings. The highest BCUT2D eigenvalue weighted by Gasteiger charge is 2.23. The van der Waals surface area contributed by atoms with Gasteiger partial charge in [0.15, 0.2) is 0 Å². The van der Waals surface area contributed by atoms with Crippen LogP contribution in [0, 0.1) is 3.57 Å². The number of aromatic nitrogens is 3. The summed E-state index contributed by atoms with van der Waals surface area (Å²) in [6, 6.07) is 4.03. The minimum atomic E-state index is 0.597. The number of rotatable bonds is 4. The molecule has 5 heteroatoms. The zero-order chi connectivity index (χ0) is 14.7. The van der Waals surface area contributed by atoms with Crippen molar-refractivity contribution in [2.45, 2.75) is 38.0 Å². The Morgan fingerprint density at radius 1 is 1.29 bits per heavy atom. The van der Waals surface area contributed by atoms with Crippen LogP contribution in [0.15, 0.2) is 24.5 Å². The highest BCUT2D eigenvalue weighted by molar-refractivity contribution is 14.1. The zero-order valence-corrected chi connectivity index (χ0v) is 14.3. The number of hydrogen-bond acceptors (Lipinski definition) is 4. The monoisotopic (exact) mass is 394 g/mol. The van der Waals surface area contributed by atoms with Crippen LogP contribution in [0.1, 0.15) is 48.7 Å². The zero-order valence-electron chi connectivity index (χ0n) is 12.1. The van der Waals surface area contributed by atoms with E-state index in [4.69, 9.17) is 4.98 Å². The summed E-state index contributed by atoms with van der Waals surface area (Å²) in [5.74, 6) is 2.43.